The molecule has 0 radical (unpaired) electrons. The summed E-state index contributed by atoms with van der Waals surface area (Å²) in [6.07, 6.45) is 2.29. The van der Waals surface area contributed by atoms with E-state index in [-0.39, 0.29) is 12.2 Å². The molecule has 8 nitrogen and oxygen atoms in total. The van der Waals surface area contributed by atoms with Crippen LogP contribution in [0, 0.1) is 10.1 Å². The van der Waals surface area contributed by atoms with Gasteiger partial charge >= 0.3 is 5.69 Å². The minimum atomic E-state index is -3.43. The number of fused-ring (bicyclic) bond motifs is 1. The van der Waals surface area contributed by atoms with Gasteiger partial charge in [0.05, 0.1) is 16.7 Å². The van der Waals surface area contributed by atoms with Crippen LogP contribution in [0.3, 0.4) is 0 Å². The van der Waals surface area contributed by atoms with Gasteiger partial charge in [-0.05, 0) is 37.1 Å². The maximum atomic E-state index is 11.6. The predicted octanol–water partition coefficient (Wildman–Crippen LogP) is 3.55. The van der Waals surface area contributed by atoms with Gasteiger partial charge in [0.25, 0.3) is 0 Å². The topological polar surface area (TPSA) is 114 Å². The third-order valence-electron chi connectivity index (χ3n) is 4.32. The molecule has 0 unspecified atom stereocenters. The van der Waals surface area contributed by atoms with Crippen LogP contribution in [0.2, 0.25) is 0 Å². The van der Waals surface area contributed by atoms with E-state index in [1.807, 2.05) is 42.5 Å². The second-order valence-corrected chi connectivity index (χ2v) is 9.23. The van der Waals surface area contributed by atoms with Crippen molar-refractivity contribution in [1.29, 1.82) is 0 Å². The first kappa shape index (κ1) is 20.7. The van der Waals surface area contributed by atoms with E-state index in [1.165, 1.54) is 6.20 Å². The van der Waals surface area contributed by atoms with Gasteiger partial charge in [0, 0.05) is 17.5 Å². The quantitative estimate of drug-likeness (QED) is 0.451. The molecule has 2 aromatic carbocycles. The van der Waals surface area contributed by atoms with Crippen molar-refractivity contribution < 1.29 is 13.3 Å². The molecule has 0 fully saturated rings. The molecular weight excluding hydrogens is 392 g/mol. The van der Waals surface area contributed by atoms with Crippen molar-refractivity contribution in [1.82, 2.24) is 9.71 Å². The van der Waals surface area contributed by atoms with Crippen molar-refractivity contribution in [3.8, 4) is 11.1 Å². The summed E-state index contributed by atoms with van der Waals surface area (Å²) in [5, 5.41) is 15.2. The van der Waals surface area contributed by atoms with Crippen LogP contribution in [-0.4, -0.2) is 36.7 Å². The Bertz CT molecular complexity index is 1160. The third-order valence-corrected chi connectivity index (χ3v) is 5.25. The maximum Gasteiger partial charge on any atom is 0.311 e. The van der Waals surface area contributed by atoms with Crippen LogP contribution < -0.4 is 10.0 Å². The first-order chi connectivity index (χ1) is 13.6. The average Bonchev–Trinajstić information content (AvgIpc) is 2.64. The summed E-state index contributed by atoms with van der Waals surface area (Å²) in [5.41, 5.74) is 1.87. The zero-order valence-electron chi connectivity index (χ0n) is 16.3. The summed E-state index contributed by atoms with van der Waals surface area (Å²) in [6, 6.07) is 15.3. The highest BCUT2D eigenvalue weighted by Crippen LogP contribution is 2.34. The normalized spacial score (nSPS) is 12.1. The lowest BCUT2D eigenvalue weighted by Crippen LogP contribution is -2.47. The van der Waals surface area contributed by atoms with Gasteiger partial charge in [0.15, 0.2) is 0 Å². The van der Waals surface area contributed by atoms with Crippen molar-refractivity contribution in [2.24, 2.45) is 0 Å². The fourth-order valence-corrected chi connectivity index (χ4v) is 4.24. The summed E-state index contributed by atoms with van der Waals surface area (Å²) in [4.78, 5) is 15.3. The highest BCUT2D eigenvalue weighted by Gasteiger charge is 2.25. The second kappa shape index (κ2) is 7.76. The summed E-state index contributed by atoms with van der Waals surface area (Å²) >= 11 is 0. The van der Waals surface area contributed by atoms with Crippen molar-refractivity contribution in [3.63, 3.8) is 0 Å². The van der Waals surface area contributed by atoms with Crippen LogP contribution in [-0.2, 0) is 10.0 Å². The van der Waals surface area contributed by atoms with Gasteiger partial charge in [0.1, 0.15) is 11.9 Å². The highest BCUT2D eigenvalue weighted by molar-refractivity contribution is 7.88. The summed E-state index contributed by atoms with van der Waals surface area (Å²) in [5.74, 6) is 0. The van der Waals surface area contributed by atoms with Crippen molar-refractivity contribution in [2.75, 3.05) is 18.1 Å². The van der Waals surface area contributed by atoms with E-state index in [0.717, 1.165) is 17.4 Å². The Morgan fingerprint density at radius 2 is 1.79 bits per heavy atom. The number of anilines is 1. The molecule has 2 N–H and O–H groups in total. The average molecular weight is 414 g/mol. The standard InChI is InChI=1S/C20H22N4O4S/c1-20(2,23-29(3,27)28)13-22-19-16-10-9-15(14-7-5-4-6-8-14)11-17(16)21-12-18(19)24(25)26/h4-12,23H,13H2,1-3H3,(H,21,22). The molecule has 0 aliphatic heterocycles. The fraction of sp³-hybridized carbons (Fsp3) is 0.250. The van der Waals surface area contributed by atoms with E-state index in [9.17, 15) is 18.5 Å². The largest absolute Gasteiger partial charge is 0.377 e. The van der Waals surface area contributed by atoms with Gasteiger partial charge in [-0.1, -0.05) is 36.4 Å². The minimum Gasteiger partial charge on any atom is -0.377 e. The summed E-state index contributed by atoms with van der Waals surface area (Å²) in [6.45, 7) is 3.55. The van der Waals surface area contributed by atoms with Crippen LogP contribution in [0.4, 0.5) is 11.4 Å². The Morgan fingerprint density at radius 3 is 2.41 bits per heavy atom. The third kappa shape index (κ3) is 5.07. The van der Waals surface area contributed by atoms with Crippen LogP contribution >= 0.6 is 0 Å². The van der Waals surface area contributed by atoms with Crippen LogP contribution in [0.1, 0.15) is 13.8 Å². The first-order valence-electron chi connectivity index (χ1n) is 8.91. The molecule has 1 aromatic heterocycles. The maximum absolute atomic E-state index is 11.6. The van der Waals surface area contributed by atoms with Crippen LogP contribution in [0.5, 0.6) is 0 Å². The summed E-state index contributed by atoms with van der Waals surface area (Å²) < 4.78 is 25.6. The number of sulfonamides is 1. The molecule has 152 valence electrons. The van der Waals surface area contributed by atoms with E-state index in [1.54, 1.807) is 19.9 Å². The highest BCUT2D eigenvalue weighted by atomic mass is 32.2. The zero-order chi connectivity index (χ0) is 21.2. The SMILES string of the molecule is CC(C)(CNc1c([N+](=O)[O-])cnc2cc(-c3ccccc3)ccc12)NS(C)(=O)=O. The number of nitrogens with one attached hydrogen (secondary N) is 2. The lowest BCUT2D eigenvalue weighted by molar-refractivity contribution is -0.384. The van der Waals surface area contributed by atoms with E-state index in [2.05, 4.69) is 15.0 Å². The Morgan fingerprint density at radius 1 is 1.10 bits per heavy atom. The van der Waals surface area contributed by atoms with Crippen LogP contribution in [0.15, 0.2) is 54.7 Å². The van der Waals surface area contributed by atoms with E-state index in [4.69, 9.17) is 0 Å². The monoisotopic (exact) mass is 414 g/mol. The molecule has 0 atom stereocenters. The molecular formula is C20H22N4O4S. The number of hydrogen-bond donors (Lipinski definition) is 2. The van der Waals surface area contributed by atoms with Gasteiger partial charge in [-0.15, -0.1) is 0 Å². The molecule has 1 heterocycles. The number of pyridine rings is 1. The molecule has 0 bridgehead atoms. The Labute approximate surface area is 169 Å². The van der Waals surface area contributed by atoms with Crippen molar-refractivity contribution >= 4 is 32.3 Å². The first-order valence-corrected chi connectivity index (χ1v) is 10.8. The number of nitro groups is 1. The fourth-order valence-electron chi connectivity index (χ4n) is 3.16. The van der Waals surface area contributed by atoms with Crippen LogP contribution in [0.25, 0.3) is 22.0 Å². The van der Waals surface area contributed by atoms with E-state index >= 15 is 0 Å². The molecule has 3 aromatic rings. The zero-order valence-corrected chi connectivity index (χ0v) is 17.2. The number of rotatable bonds is 7. The molecule has 9 heteroatoms. The molecule has 0 saturated heterocycles. The number of nitrogens with zero attached hydrogens (tertiary/aromatic N) is 2. The number of aromatic nitrogens is 1. The molecule has 0 aliphatic carbocycles. The predicted molar refractivity (Wildman–Crippen MR) is 114 cm³/mol. The summed E-state index contributed by atoms with van der Waals surface area (Å²) in [7, 11) is -3.43. The van der Waals surface area contributed by atoms with Crippen molar-refractivity contribution in [2.45, 2.75) is 19.4 Å². The molecule has 29 heavy (non-hydrogen) atoms. The van der Waals surface area contributed by atoms with E-state index in [0.29, 0.717) is 16.6 Å². The minimum absolute atomic E-state index is 0.153. The lowest BCUT2D eigenvalue weighted by atomic mass is 10.0. The number of hydrogen-bond acceptors (Lipinski definition) is 6. The Kier molecular flexibility index (Phi) is 5.54. The van der Waals surface area contributed by atoms with Crippen molar-refractivity contribution in [3.05, 3.63) is 64.8 Å². The van der Waals surface area contributed by atoms with Gasteiger partial charge in [-0.2, -0.15) is 0 Å². The smallest absolute Gasteiger partial charge is 0.311 e. The molecule has 3 rings (SSSR count). The molecule has 0 amide bonds. The van der Waals surface area contributed by atoms with Gasteiger partial charge in [-0.3, -0.25) is 10.1 Å². The van der Waals surface area contributed by atoms with Gasteiger partial charge < -0.3 is 5.32 Å². The van der Waals surface area contributed by atoms with Gasteiger partial charge in [0.2, 0.25) is 10.0 Å². The molecule has 0 spiro atoms. The molecule has 0 aliphatic rings. The van der Waals surface area contributed by atoms with Gasteiger partial charge in [-0.25, -0.2) is 18.1 Å². The number of benzene rings is 2. The lowest BCUT2D eigenvalue weighted by Gasteiger charge is -2.26. The molecule has 0 saturated carbocycles. The Balaban J connectivity index is 2.02. The second-order valence-electron chi connectivity index (χ2n) is 7.49. The van der Waals surface area contributed by atoms with E-state index < -0.39 is 20.5 Å². The Hall–Kier alpha value is -3.04.